The van der Waals surface area contributed by atoms with E-state index in [0.717, 1.165) is 33.4 Å². The number of carbonyl (C=O) groups is 2. The summed E-state index contributed by atoms with van der Waals surface area (Å²) < 4.78 is 5.33. The maximum Gasteiger partial charge on any atom is 0.341 e. The first-order valence-corrected chi connectivity index (χ1v) is 8.78. The third kappa shape index (κ3) is 3.91. The number of hydrogen-bond acceptors (Lipinski definition) is 3. The largest absolute Gasteiger partial charge is 0.436 e. The van der Waals surface area contributed by atoms with E-state index in [0.29, 0.717) is 11.1 Å². The van der Waals surface area contributed by atoms with Crippen LogP contribution >= 0.6 is 8.81 Å². The fourth-order valence-corrected chi connectivity index (χ4v) is 4.02. The summed E-state index contributed by atoms with van der Waals surface area (Å²) in [6, 6.07) is 7.84. The molecule has 0 aliphatic heterocycles. The second-order valence-corrected chi connectivity index (χ2v) is 7.23. The topological polar surface area (TPSA) is 43.4 Å². The van der Waals surface area contributed by atoms with E-state index in [1.165, 1.54) is 0 Å². The van der Waals surface area contributed by atoms with Crippen LogP contribution in [0.2, 0.25) is 0 Å². The van der Waals surface area contributed by atoms with Gasteiger partial charge in [-0.05, 0) is 63.8 Å². The SMILES string of the molecule is Cc1cc(C)c(C(=O)OPC(=O)c2c(C)cc(C)cc2C)c(C)c1. The van der Waals surface area contributed by atoms with Crippen molar-refractivity contribution in [3.63, 3.8) is 0 Å². The van der Waals surface area contributed by atoms with Gasteiger partial charge >= 0.3 is 5.97 Å². The Labute approximate surface area is 145 Å². The molecule has 0 aromatic heterocycles. The van der Waals surface area contributed by atoms with Crippen LogP contribution in [0.4, 0.5) is 0 Å². The van der Waals surface area contributed by atoms with Crippen molar-refractivity contribution in [3.05, 3.63) is 68.8 Å². The highest BCUT2D eigenvalue weighted by Crippen LogP contribution is 2.28. The van der Waals surface area contributed by atoms with E-state index in [2.05, 4.69) is 0 Å². The molecule has 0 aliphatic carbocycles. The Balaban J connectivity index is 2.17. The normalized spacial score (nSPS) is 11.1. The van der Waals surface area contributed by atoms with Gasteiger partial charge in [-0.2, -0.15) is 0 Å². The van der Waals surface area contributed by atoms with Gasteiger partial charge in [-0.15, -0.1) is 0 Å². The number of carbonyl (C=O) groups excluding carboxylic acids is 2. The van der Waals surface area contributed by atoms with Gasteiger partial charge in [0.1, 0.15) is 0 Å². The third-order valence-electron chi connectivity index (χ3n) is 4.02. The van der Waals surface area contributed by atoms with Gasteiger partial charge in [-0.1, -0.05) is 35.4 Å². The fraction of sp³-hybridized carbons (Fsp3) is 0.300. The van der Waals surface area contributed by atoms with Crippen LogP contribution in [0, 0.1) is 41.5 Å². The van der Waals surface area contributed by atoms with Crippen molar-refractivity contribution in [3.8, 4) is 0 Å². The molecule has 126 valence electrons. The molecule has 0 saturated carbocycles. The Hall–Kier alpha value is -1.99. The van der Waals surface area contributed by atoms with Crippen LogP contribution < -0.4 is 0 Å². The van der Waals surface area contributed by atoms with Crippen molar-refractivity contribution < 1.29 is 14.1 Å². The van der Waals surface area contributed by atoms with Gasteiger partial charge in [0.25, 0.3) is 0 Å². The maximum atomic E-state index is 12.5. The van der Waals surface area contributed by atoms with E-state index in [4.69, 9.17) is 4.52 Å². The zero-order valence-corrected chi connectivity index (χ0v) is 16.0. The Morgan fingerprint density at radius 3 is 1.50 bits per heavy atom. The van der Waals surface area contributed by atoms with E-state index in [1.807, 2.05) is 65.8 Å². The minimum Gasteiger partial charge on any atom is -0.436 e. The quantitative estimate of drug-likeness (QED) is 0.724. The van der Waals surface area contributed by atoms with Crippen molar-refractivity contribution in [2.45, 2.75) is 41.5 Å². The second kappa shape index (κ2) is 7.27. The average molecular weight is 342 g/mol. The predicted molar refractivity (Wildman–Crippen MR) is 99.4 cm³/mol. The first-order valence-electron chi connectivity index (χ1n) is 7.88. The number of aryl methyl sites for hydroxylation is 6. The van der Waals surface area contributed by atoms with E-state index in [-0.39, 0.29) is 5.52 Å². The molecule has 1 atom stereocenters. The molecule has 0 spiro atoms. The second-order valence-electron chi connectivity index (χ2n) is 6.37. The van der Waals surface area contributed by atoms with Gasteiger partial charge in [0.2, 0.25) is 5.52 Å². The summed E-state index contributed by atoms with van der Waals surface area (Å²) in [6.07, 6.45) is 0. The number of hydrogen-bond donors (Lipinski definition) is 0. The van der Waals surface area contributed by atoms with E-state index in [9.17, 15) is 9.59 Å². The molecule has 0 amide bonds. The minimum absolute atomic E-state index is 0.138. The minimum atomic E-state index is -0.520. The monoisotopic (exact) mass is 342 g/mol. The van der Waals surface area contributed by atoms with Crippen LogP contribution in [-0.2, 0) is 4.52 Å². The molecular weight excluding hydrogens is 319 g/mol. The molecule has 3 nitrogen and oxygen atoms in total. The fourth-order valence-electron chi connectivity index (χ4n) is 3.23. The molecule has 2 rings (SSSR count). The summed E-state index contributed by atoms with van der Waals surface area (Å²) >= 11 is 0. The van der Waals surface area contributed by atoms with E-state index < -0.39 is 14.8 Å². The summed E-state index contributed by atoms with van der Waals surface area (Å²) in [5.74, 6) is -0.431. The predicted octanol–water partition coefficient (Wildman–Crippen LogP) is 5.13. The molecule has 24 heavy (non-hydrogen) atoms. The average Bonchev–Trinajstić information content (AvgIpc) is 2.42. The molecule has 0 bridgehead atoms. The van der Waals surface area contributed by atoms with Gasteiger partial charge in [-0.3, -0.25) is 4.79 Å². The van der Waals surface area contributed by atoms with E-state index >= 15 is 0 Å². The Bertz CT molecular complexity index is 706. The van der Waals surface area contributed by atoms with Gasteiger partial charge in [0.15, 0.2) is 8.81 Å². The van der Waals surface area contributed by atoms with Crippen LogP contribution in [-0.4, -0.2) is 11.5 Å². The van der Waals surface area contributed by atoms with Crippen molar-refractivity contribution in [2.24, 2.45) is 0 Å². The van der Waals surface area contributed by atoms with Gasteiger partial charge in [-0.25, -0.2) is 4.79 Å². The van der Waals surface area contributed by atoms with Crippen LogP contribution in [0.1, 0.15) is 54.1 Å². The van der Waals surface area contributed by atoms with Crippen molar-refractivity contribution in [2.75, 3.05) is 0 Å². The smallest absolute Gasteiger partial charge is 0.341 e. The molecule has 0 saturated heterocycles. The van der Waals surface area contributed by atoms with Crippen molar-refractivity contribution in [1.82, 2.24) is 0 Å². The molecule has 0 aliphatic rings. The third-order valence-corrected chi connectivity index (χ3v) is 4.74. The molecule has 2 aromatic carbocycles. The lowest BCUT2D eigenvalue weighted by atomic mass is 10.0. The zero-order chi connectivity index (χ0) is 18.0. The first kappa shape index (κ1) is 18.4. The molecule has 0 heterocycles. The highest BCUT2D eigenvalue weighted by molar-refractivity contribution is 7.54. The highest BCUT2D eigenvalue weighted by Gasteiger charge is 2.19. The van der Waals surface area contributed by atoms with Crippen LogP contribution in [0.3, 0.4) is 0 Å². The van der Waals surface area contributed by atoms with Crippen LogP contribution in [0.25, 0.3) is 0 Å². The van der Waals surface area contributed by atoms with Gasteiger partial charge in [0, 0.05) is 5.56 Å². The Morgan fingerprint density at radius 2 is 1.08 bits per heavy atom. The van der Waals surface area contributed by atoms with Gasteiger partial charge in [0.05, 0.1) is 5.56 Å². The summed E-state index contributed by atoms with van der Waals surface area (Å²) in [5.41, 5.74) is 6.88. The molecule has 4 heteroatoms. The maximum absolute atomic E-state index is 12.5. The standard InChI is InChI=1S/C20H23O3P/c1-11-7-13(3)17(14(4)8-11)19(21)23-24-20(22)18-15(5)9-12(2)10-16(18)6/h7-10,24H,1-6H3. The molecular formula is C20H23O3P. The molecule has 0 fully saturated rings. The summed E-state index contributed by atoms with van der Waals surface area (Å²) in [5, 5.41) is 0. The molecule has 1 unspecified atom stereocenters. The van der Waals surface area contributed by atoms with Crippen molar-refractivity contribution >= 4 is 20.3 Å². The summed E-state index contributed by atoms with van der Waals surface area (Å²) in [6.45, 7) is 11.6. The Morgan fingerprint density at radius 1 is 0.708 bits per heavy atom. The van der Waals surface area contributed by atoms with Crippen LogP contribution in [0.15, 0.2) is 24.3 Å². The lowest BCUT2D eigenvalue weighted by molar-refractivity contribution is 0.0750. The Kier molecular flexibility index (Phi) is 5.56. The van der Waals surface area contributed by atoms with Crippen molar-refractivity contribution in [1.29, 1.82) is 0 Å². The summed E-state index contributed by atoms with van der Waals surface area (Å²) in [4.78, 5) is 24.9. The van der Waals surface area contributed by atoms with E-state index in [1.54, 1.807) is 0 Å². The molecule has 0 radical (unpaired) electrons. The molecule has 2 aromatic rings. The van der Waals surface area contributed by atoms with Crippen LogP contribution in [0.5, 0.6) is 0 Å². The lowest BCUT2D eigenvalue weighted by Crippen LogP contribution is -2.08. The highest BCUT2D eigenvalue weighted by atomic mass is 31.1. The lowest BCUT2D eigenvalue weighted by Gasteiger charge is -2.12. The first-order chi connectivity index (χ1) is 11.2. The number of benzene rings is 2. The molecule has 0 N–H and O–H groups in total. The number of rotatable bonds is 4. The van der Waals surface area contributed by atoms with Gasteiger partial charge < -0.3 is 4.52 Å². The zero-order valence-electron chi connectivity index (χ0n) is 15.0. The summed E-state index contributed by atoms with van der Waals surface area (Å²) in [7, 11) is -0.520.